The maximum atomic E-state index is 9.32. The van der Waals surface area contributed by atoms with Crippen LogP contribution in [0.15, 0.2) is 66.9 Å². The van der Waals surface area contributed by atoms with E-state index < -0.39 is 0 Å². The minimum absolute atomic E-state index is 0.633. The van der Waals surface area contributed by atoms with Gasteiger partial charge in [-0.3, -0.25) is 0 Å². The summed E-state index contributed by atoms with van der Waals surface area (Å²) in [5.41, 5.74) is 12.7. The summed E-state index contributed by atoms with van der Waals surface area (Å²) in [5, 5.41) is 11.0. The standard InChI is InChI=1S/C22H16ClN3/c1-14-18(3-2-4-21(14)25)20-13-26(17-8-6-16(23)7-9-17)22-10-5-15(12-24)11-19(20)22/h2-11,13H,25H2,1H3. The average molecular weight is 358 g/mol. The summed E-state index contributed by atoms with van der Waals surface area (Å²) in [6, 6.07) is 21.6. The number of hydrogen-bond donors (Lipinski definition) is 1. The number of rotatable bonds is 2. The van der Waals surface area contributed by atoms with Gasteiger partial charge < -0.3 is 10.3 Å². The van der Waals surface area contributed by atoms with Crippen LogP contribution in [0.2, 0.25) is 5.02 Å². The number of nitrogens with zero attached hydrogens (tertiary/aromatic N) is 2. The molecule has 3 aromatic carbocycles. The summed E-state index contributed by atoms with van der Waals surface area (Å²) in [6.45, 7) is 2.02. The molecule has 0 bridgehead atoms. The van der Waals surface area contributed by atoms with Gasteiger partial charge in [0.15, 0.2) is 0 Å². The lowest BCUT2D eigenvalue weighted by atomic mass is 9.98. The van der Waals surface area contributed by atoms with Gasteiger partial charge in [0.05, 0.1) is 17.1 Å². The highest BCUT2D eigenvalue weighted by molar-refractivity contribution is 6.30. The molecule has 1 heterocycles. The maximum absolute atomic E-state index is 9.32. The largest absolute Gasteiger partial charge is 0.398 e. The van der Waals surface area contributed by atoms with Crippen LogP contribution in [-0.4, -0.2) is 4.57 Å². The zero-order chi connectivity index (χ0) is 18.3. The molecule has 0 atom stereocenters. The van der Waals surface area contributed by atoms with Crippen molar-refractivity contribution < 1.29 is 0 Å². The Bertz CT molecular complexity index is 1160. The Morgan fingerprint density at radius 2 is 1.77 bits per heavy atom. The second-order valence-corrected chi connectivity index (χ2v) is 6.69. The Balaban J connectivity index is 2.05. The summed E-state index contributed by atoms with van der Waals surface area (Å²) >= 11 is 6.04. The number of hydrogen-bond acceptors (Lipinski definition) is 2. The molecular weight excluding hydrogens is 342 g/mol. The van der Waals surface area contributed by atoms with Gasteiger partial charge in [0.1, 0.15) is 0 Å². The Hall–Kier alpha value is -3.22. The minimum atomic E-state index is 0.633. The molecule has 1 aromatic heterocycles. The Morgan fingerprint density at radius 1 is 1.00 bits per heavy atom. The van der Waals surface area contributed by atoms with Gasteiger partial charge in [0.2, 0.25) is 0 Å². The van der Waals surface area contributed by atoms with Crippen molar-refractivity contribution in [2.24, 2.45) is 0 Å². The van der Waals surface area contributed by atoms with E-state index in [1.54, 1.807) is 0 Å². The molecule has 4 aromatic rings. The predicted octanol–water partition coefficient (Wildman–Crippen LogP) is 5.71. The van der Waals surface area contributed by atoms with E-state index in [4.69, 9.17) is 17.3 Å². The minimum Gasteiger partial charge on any atom is -0.398 e. The quantitative estimate of drug-likeness (QED) is 0.467. The molecule has 0 unspecified atom stereocenters. The first-order valence-electron chi connectivity index (χ1n) is 8.25. The van der Waals surface area contributed by atoms with Crippen molar-refractivity contribution in [2.75, 3.05) is 5.73 Å². The molecule has 0 saturated carbocycles. The third-order valence-corrected chi connectivity index (χ3v) is 4.96. The van der Waals surface area contributed by atoms with Crippen molar-refractivity contribution >= 4 is 28.2 Å². The van der Waals surface area contributed by atoms with Gasteiger partial charge in [0, 0.05) is 33.5 Å². The van der Waals surface area contributed by atoms with Crippen molar-refractivity contribution in [2.45, 2.75) is 6.92 Å². The molecule has 0 aliphatic heterocycles. The first-order chi connectivity index (χ1) is 12.6. The molecule has 126 valence electrons. The lowest BCUT2D eigenvalue weighted by molar-refractivity contribution is 1.13. The third-order valence-electron chi connectivity index (χ3n) is 4.70. The lowest BCUT2D eigenvalue weighted by Gasteiger charge is -2.07. The number of fused-ring (bicyclic) bond motifs is 1. The summed E-state index contributed by atoms with van der Waals surface area (Å²) in [5.74, 6) is 0. The normalized spacial score (nSPS) is 10.8. The maximum Gasteiger partial charge on any atom is 0.0991 e. The Morgan fingerprint density at radius 3 is 2.50 bits per heavy atom. The number of benzene rings is 3. The second kappa shape index (κ2) is 6.25. The van der Waals surface area contributed by atoms with Crippen molar-refractivity contribution in [3.05, 3.63) is 83.0 Å². The molecule has 4 heteroatoms. The molecule has 0 spiro atoms. The van der Waals surface area contributed by atoms with Gasteiger partial charge in [0.25, 0.3) is 0 Å². The van der Waals surface area contributed by atoms with Crippen LogP contribution in [0.1, 0.15) is 11.1 Å². The predicted molar refractivity (Wildman–Crippen MR) is 108 cm³/mol. The highest BCUT2D eigenvalue weighted by atomic mass is 35.5. The Kier molecular flexibility index (Phi) is 3.91. The first kappa shape index (κ1) is 16.3. The zero-order valence-corrected chi connectivity index (χ0v) is 15.0. The van der Waals surface area contributed by atoms with E-state index in [9.17, 15) is 5.26 Å². The summed E-state index contributed by atoms with van der Waals surface area (Å²) in [6.07, 6.45) is 2.09. The van der Waals surface area contributed by atoms with Crippen LogP contribution in [0.4, 0.5) is 5.69 Å². The van der Waals surface area contributed by atoms with Gasteiger partial charge in [-0.15, -0.1) is 0 Å². The van der Waals surface area contributed by atoms with Crippen molar-refractivity contribution in [3.8, 4) is 22.9 Å². The first-order valence-corrected chi connectivity index (χ1v) is 8.63. The van der Waals surface area contributed by atoms with Crippen LogP contribution in [0.25, 0.3) is 27.7 Å². The van der Waals surface area contributed by atoms with Gasteiger partial charge >= 0.3 is 0 Å². The molecule has 0 saturated heterocycles. The Labute approximate surface area is 156 Å². The molecule has 0 fully saturated rings. The van der Waals surface area contributed by atoms with E-state index in [0.29, 0.717) is 10.6 Å². The van der Waals surface area contributed by atoms with E-state index >= 15 is 0 Å². The molecule has 0 amide bonds. The molecular formula is C22H16ClN3. The highest BCUT2D eigenvalue weighted by Crippen LogP contribution is 2.36. The molecule has 3 nitrogen and oxygen atoms in total. The third kappa shape index (κ3) is 2.61. The number of anilines is 1. The SMILES string of the molecule is Cc1c(N)cccc1-c1cn(-c2ccc(Cl)cc2)c2ccc(C#N)cc12. The van der Waals surface area contributed by atoms with Crippen LogP contribution in [0, 0.1) is 18.3 Å². The lowest BCUT2D eigenvalue weighted by Crippen LogP contribution is -1.92. The van der Waals surface area contributed by atoms with Crippen LogP contribution < -0.4 is 5.73 Å². The monoisotopic (exact) mass is 357 g/mol. The fraction of sp³-hybridized carbons (Fsp3) is 0.0455. The molecule has 4 rings (SSSR count). The van der Waals surface area contributed by atoms with Crippen LogP contribution in [-0.2, 0) is 0 Å². The van der Waals surface area contributed by atoms with Crippen LogP contribution in [0.5, 0.6) is 0 Å². The topological polar surface area (TPSA) is 54.7 Å². The van der Waals surface area contributed by atoms with E-state index in [0.717, 1.165) is 39.0 Å². The number of aromatic nitrogens is 1. The molecule has 2 N–H and O–H groups in total. The molecule has 0 aliphatic carbocycles. The van der Waals surface area contributed by atoms with E-state index in [1.165, 1.54) is 0 Å². The summed E-state index contributed by atoms with van der Waals surface area (Å²) in [4.78, 5) is 0. The zero-order valence-electron chi connectivity index (χ0n) is 14.2. The fourth-order valence-electron chi connectivity index (χ4n) is 3.27. The van der Waals surface area contributed by atoms with Crippen molar-refractivity contribution in [1.82, 2.24) is 4.57 Å². The highest BCUT2D eigenvalue weighted by Gasteiger charge is 2.14. The van der Waals surface area contributed by atoms with Gasteiger partial charge in [-0.1, -0.05) is 23.7 Å². The van der Waals surface area contributed by atoms with E-state index in [-0.39, 0.29) is 0 Å². The van der Waals surface area contributed by atoms with E-state index in [2.05, 4.69) is 22.9 Å². The van der Waals surface area contributed by atoms with Crippen LogP contribution >= 0.6 is 11.6 Å². The molecule has 0 radical (unpaired) electrons. The number of nitriles is 1. The number of nitrogens with two attached hydrogens (primary N) is 1. The fourth-order valence-corrected chi connectivity index (χ4v) is 3.40. The van der Waals surface area contributed by atoms with Crippen LogP contribution in [0.3, 0.4) is 0 Å². The average Bonchev–Trinajstić information content (AvgIpc) is 3.03. The summed E-state index contributed by atoms with van der Waals surface area (Å²) in [7, 11) is 0. The number of nitrogen functional groups attached to an aromatic ring is 1. The smallest absolute Gasteiger partial charge is 0.0991 e. The molecule has 0 aliphatic rings. The molecule has 26 heavy (non-hydrogen) atoms. The number of halogens is 1. The second-order valence-electron chi connectivity index (χ2n) is 6.25. The van der Waals surface area contributed by atoms with Gasteiger partial charge in [-0.25, -0.2) is 0 Å². The van der Waals surface area contributed by atoms with E-state index in [1.807, 2.05) is 61.5 Å². The van der Waals surface area contributed by atoms with Crippen molar-refractivity contribution in [3.63, 3.8) is 0 Å². The van der Waals surface area contributed by atoms with Gasteiger partial charge in [-0.05, 0) is 66.6 Å². The summed E-state index contributed by atoms with van der Waals surface area (Å²) < 4.78 is 2.12. The van der Waals surface area contributed by atoms with Crippen molar-refractivity contribution in [1.29, 1.82) is 5.26 Å². The van der Waals surface area contributed by atoms with Gasteiger partial charge in [-0.2, -0.15) is 5.26 Å².